The van der Waals surface area contributed by atoms with Crippen LogP contribution in [0.1, 0.15) is 19.8 Å². The van der Waals surface area contributed by atoms with E-state index in [4.69, 9.17) is 4.74 Å². The van der Waals surface area contributed by atoms with Gasteiger partial charge in [0.1, 0.15) is 0 Å². The lowest BCUT2D eigenvalue weighted by molar-refractivity contribution is -0.142. The maximum absolute atomic E-state index is 13.9. The van der Waals surface area contributed by atoms with Crippen molar-refractivity contribution in [3.8, 4) is 5.75 Å². The van der Waals surface area contributed by atoms with Crippen molar-refractivity contribution in [3.05, 3.63) is 24.0 Å². The predicted molar refractivity (Wildman–Crippen MR) is 106 cm³/mol. The van der Waals surface area contributed by atoms with E-state index in [9.17, 15) is 14.0 Å². The fourth-order valence-electron chi connectivity index (χ4n) is 4.38. The van der Waals surface area contributed by atoms with Crippen LogP contribution in [0.15, 0.2) is 18.2 Å². The molecule has 2 unspecified atom stereocenters. The van der Waals surface area contributed by atoms with Crippen molar-refractivity contribution >= 4 is 29.9 Å². The molecule has 1 aromatic rings. The largest absolute Gasteiger partial charge is 0.492 e. The topological polar surface area (TPSA) is 53.1 Å². The highest BCUT2D eigenvalue weighted by atomic mass is 35.5. The number of para-hydroxylation sites is 1. The van der Waals surface area contributed by atoms with Crippen molar-refractivity contribution in [2.24, 2.45) is 11.3 Å². The third-order valence-electron chi connectivity index (χ3n) is 6.25. The first kappa shape index (κ1) is 20.9. The molecular formula is C20H27ClFN3O3. The minimum absolute atomic E-state index is 0. The Morgan fingerprint density at radius 2 is 1.89 bits per heavy atom. The molecule has 3 fully saturated rings. The van der Waals surface area contributed by atoms with Gasteiger partial charge >= 0.3 is 0 Å². The Balaban J connectivity index is 0.00000225. The molecule has 0 radical (unpaired) electrons. The highest BCUT2D eigenvalue weighted by molar-refractivity contribution is 6.11. The number of carbonyl (C=O) groups is 2. The minimum atomic E-state index is -0.396. The van der Waals surface area contributed by atoms with Crippen LogP contribution in [0.4, 0.5) is 10.1 Å². The summed E-state index contributed by atoms with van der Waals surface area (Å²) in [6.07, 6.45) is 1.52. The number of piperidine rings is 1. The van der Waals surface area contributed by atoms with E-state index < -0.39 is 5.41 Å². The summed E-state index contributed by atoms with van der Waals surface area (Å²) in [7, 11) is 1.49. The number of methoxy groups -OCH3 is 1. The van der Waals surface area contributed by atoms with Crippen LogP contribution in [0, 0.1) is 17.2 Å². The molecule has 1 aromatic carbocycles. The first-order valence-electron chi connectivity index (χ1n) is 9.61. The number of benzene rings is 1. The second-order valence-corrected chi connectivity index (χ2v) is 7.94. The molecule has 28 heavy (non-hydrogen) atoms. The summed E-state index contributed by atoms with van der Waals surface area (Å²) in [5, 5.41) is 0. The molecule has 2 aliphatic heterocycles. The van der Waals surface area contributed by atoms with Gasteiger partial charge in [0.2, 0.25) is 11.8 Å². The van der Waals surface area contributed by atoms with Crippen molar-refractivity contribution < 1.29 is 18.7 Å². The fourth-order valence-corrected chi connectivity index (χ4v) is 4.38. The van der Waals surface area contributed by atoms with Crippen LogP contribution in [0.5, 0.6) is 5.75 Å². The molecule has 3 aliphatic rings. The Morgan fingerprint density at radius 3 is 2.50 bits per heavy atom. The molecule has 4 rings (SSSR count). The Labute approximate surface area is 171 Å². The predicted octanol–water partition coefficient (Wildman–Crippen LogP) is 2.16. The molecule has 0 spiro atoms. The van der Waals surface area contributed by atoms with Crippen molar-refractivity contribution in [2.45, 2.75) is 19.8 Å². The van der Waals surface area contributed by atoms with Crippen molar-refractivity contribution in [1.82, 2.24) is 9.80 Å². The molecule has 2 saturated heterocycles. The van der Waals surface area contributed by atoms with Gasteiger partial charge in [-0.25, -0.2) is 4.39 Å². The van der Waals surface area contributed by atoms with Crippen LogP contribution >= 0.6 is 12.4 Å². The molecule has 2 heterocycles. The van der Waals surface area contributed by atoms with E-state index in [1.807, 2.05) is 13.0 Å². The molecule has 1 saturated carbocycles. The van der Waals surface area contributed by atoms with Gasteiger partial charge in [0, 0.05) is 32.7 Å². The highest BCUT2D eigenvalue weighted by Crippen LogP contribution is 2.58. The monoisotopic (exact) mass is 411 g/mol. The Bertz CT molecular complexity index is 769. The van der Waals surface area contributed by atoms with E-state index in [2.05, 4.69) is 9.80 Å². The van der Waals surface area contributed by atoms with E-state index in [1.165, 1.54) is 18.1 Å². The van der Waals surface area contributed by atoms with Gasteiger partial charge in [-0.1, -0.05) is 6.07 Å². The molecule has 2 atom stereocenters. The summed E-state index contributed by atoms with van der Waals surface area (Å²) in [5.74, 6) is -0.0750. The standard InChI is InChI=1S/C20H26FN3O3.ClH/c1-20-13-14(20)18(25)24(19(20)26)8-4-7-22-9-11-23(12-10-22)16-6-3-5-15(21)17(16)27-2;/h3,5-6,14H,4,7-13H2,1-2H3;1H. The number of nitrogens with zero attached hydrogens (tertiary/aromatic N) is 3. The Hall–Kier alpha value is -1.86. The first-order chi connectivity index (χ1) is 13.0. The Morgan fingerprint density at radius 1 is 1.18 bits per heavy atom. The normalized spacial score (nSPS) is 26.9. The van der Waals surface area contributed by atoms with Gasteiger partial charge in [-0.15, -0.1) is 12.4 Å². The molecule has 1 aliphatic carbocycles. The average molecular weight is 412 g/mol. The summed E-state index contributed by atoms with van der Waals surface area (Å²) in [6.45, 7) is 6.58. The lowest BCUT2D eigenvalue weighted by atomic mass is 10.1. The van der Waals surface area contributed by atoms with Crippen LogP contribution < -0.4 is 9.64 Å². The number of amides is 2. The van der Waals surface area contributed by atoms with Gasteiger partial charge < -0.3 is 9.64 Å². The number of hydrogen-bond donors (Lipinski definition) is 0. The zero-order valence-electron chi connectivity index (χ0n) is 16.3. The number of hydrogen-bond acceptors (Lipinski definition) is 5. The second kappa shape index (κ2) is 7.87. The number of piperazine rings is 1. The molecule has 154 valence electrons. The highest BCUT2D eigenvalue weighted by Gasteiger charge is 2.68. The van der Waals surface area contributed by atoms with Crippen LogP contribution in [0.2, 0.25) is 0 Å². The smallest absolute Gasteiger partial charge is 0.235 e. The van der Waals surface area contributed by atoms with Gasteiger partial charge in [0.15, 0.2) is 11.6 Å². The van der Waals surface area contributed by atoms with E-state index in [-0.39, 0.29) is 36.0 Å². The van der Waals surface area contributed by atoms with Gasteiger partial charge in [0.25, 0.3) is 0 Å². The lowest BCUT2D eigenvalue weighted by Gasteiger charge is -2.36. The van der Waals surface area contributed by atoms with E-state index in [1.54, 1.807) is 6.07 Å². The number of halogens is 2. The number of rotatable bonds is 6. The number of carbonyl (C=O) groups excluding carboxylic acids is 2. The number of fused-ring (bicyclic) bond motifs is 1. The summed E-state index contributed by atoms with van der Waals surface area (Å²) >= 11 is 0. The molecule has 2 amide bonds. The number of likely N-dealkylation sites (tertiary alicyclic amines) is 1. The average Bonchev–Trinajstić information content (AvgIpc) is 3.33. The van der Waals surface area contributed by atoms with Crippen molar-refractivity contribution in [1.29, 1.82) is 0 Å². The van der Waals surface area contributed by atoms with Crippen molar-refractivity contribution in [3.63, 3.8) is 0 Å². The van der Waals surface area contributed by atoms with Gasteiger partial charge in [-0.2, -0.15) is 0 Å². The molecule has 8 heteroatoms. The number of imide groups is 1. The zero-order chi connectivity index (χ0) is 19.2. The maximum atomic E-state index is 13.9. The van der Waals surface area contributed by atoms with E-state index in [0.717, 1.165) is 51.3 Å². The maximum Gasteiger partial charge on any atom is 0.235 e. The van der Waals surface area contributed by atoms with Crippen LogP contribution in [-0.4, -0.2) is 68.0 Å². The fraction of sp³-hybridized carbons (Fsp3) is 0.600. The Kier molecular flexibility index (Phi) is 5.87. The van der Waals surface area contributed by atoms with Crippen molar-refractivity contribution in [2.75, 3.05) is 51.3 Å². The summed E-state index contributed by atoms with van der Waals surface area (Å²) in [6, 6.07) is 4.99. The quantitative estimate of drug-likeness (QED) is 0.671. The molecule has 6 nitrogen and oxygen atoms in total. The third kappa shape index (κ3) is 3.46. The van der Waals surface area contributed by atoms with Crippen LogP contribution in [0.3, 0.4) is 0 Å². The molecule has 0 aromatic heterocycles. The van der Waals surface area contributed by atoms with Crippen LogP contribution in [-0.2, 0) is 9.59 Å². The SMILES string of the molecule is COc1c(F)cccc1N1CCN(CCCN2C(=O)C3CC3(C)C2=O)CC1.Cl. The van der Waals surface area contributed by atoms with Gasteiger partial charge in [0.05, 0.1) is 24.1 Å². The summed E-state index contributed by atoms with van der Waals surface area (Å²) < 4.78 is 19.1. The zero-order valence-corrected chi connectivity index (χ0v) is 17.1. The number of anilines is 1. The second-order valence-electron chi connectivity index (χ2n) is 7.94. The van der Waals surface area contributed by atoms with Crippen LogP contribution in [0.25, 0.3) is 0 Å². The minimum Gasteiger partial charge on any atom is -0.492 e. The van der Waals surface area contributed by atoms with E-state index in [0.29, 0.717) is 12.3 Å². The summed E-state index contributed by atoms with van der Waals surface area (Å²) in [4.78, 5) is 30.4. The number of ether oxygens (including phenoxy) is 1. The third-order valence-corrected chi connectivity index (χ3v) is 6.25. The molecular weight excluding hydrogens is 385 g/mol. The van der Waals surface area contributed by atoms with E-state index >= 15 is 0 Å². The molecule has 0 bridgehead atoms. The molecule has 0 N–H and O–H groups in total. The summed E-state index contributed by atoms with van der Waals surface area (Å²) in [5.41, 5.74) is 0.394. The van der Waals surface area contributed by atoms with Gasteiger partial charge in [-0.05, 0) is 38.4 Å². The first-order valence-corrected chi connectivity index (χ1v) is 9.61. The van der Waals surface area contributed by atoms with Gasteiger partial charge in [-0.3, -0.25) is 19.4 Å². The lowest BCUT2D eigenvalue weighted by Crippen LogP contribution is -2.47.